The van der Waals surface area contributed by atoms with Crippen LogP contribution in [0.25, 0.3) is 0 Å². The largest absolute Gasteiger partial charge is 0.281 e. The topological polar surface area (TPSA) is 34.1 Å². The number of rotatable bonds is 2. The van der Waals surface area contributed by atoms with Crippen LogP contribution in [0.3, 0.4) is 0 Å². The van der Waals surface area contributed by atoms with Crippen LogP contribution in [0.2, 0.25) is 0 Å². The van der Waals surface area contributed by atoms with E-state index in [9.17, 15) is 9.59 Å². The molecule has 4 rings (SSSR count). The lowest BCUT2D eigenvalue weighted by Gasteiger charge is -2.59. The quantitative estimate of drug-likeness (QED) is 0.716. The van der Waals surface area contributed by atoms with E-state index in [1.807, 2.05) is 0 Å². The maximum Gasteiger partial charge on any atom is 0.227 e. The van der Waals surface area contributed by atoms with Gasteiger partial charge in [-0.15, -0.1) is 0 Å². The fraction of sp³-hybridized carbons (Fsp3) is 0.833. The molecule has 4 heteroatoms. The Morgan fingerprint density at radius 1 is 0.875 bits per heavy atom. The molecule has 4 bridgehead atoms. The molecular formula is C12H14Cl2O2. The minimum absolute atomic E-state index is 0.246. The van der Waals surface area contributed by atoms with Crippen LogP contribution in [0.5, 0.6) is 0 Å². The Balaban J connectivity index is 2.03. The molecule has 0 aromatic heterocycles. The first-order valence-corrected chi connectivity index (χ1v) is 6.61. The van der Waals surface area contributed by atoms with Gasteiger partial charge in [0.1, 0.15) is 0 Å². The zero-order valence-corrected chi connectivity index (χ0v) is 10.5. The van der Waals surface area contributed by atoms with Gasteiger partial charge < -0.3 is 0 Å². The SMILES string of the molecule is O=C(Cl)C12CC3CC(C1)CC(C(=O)Cl)(C3)C2. The highest BCUT2D eigenvalue weighted by molar-refractivity contribution is 6.65. The van der Waals surface area contributed by atoms with E-state index in [4.69, 9.17) is 23.2 Å². The summed E-state index contributed by atoms with van der Waals surface area (Å²) >= 11 is 11.5. The molecule has 16 heavy (non-hydrogen) atoms. The van der Waals surface area contributed by atoms with Crippen molar-refractivity contribution in [3.63, 3.8) is 0 Å². The molecule has 88 valence electrons. The minimum Gasteiger partial charge on any atom is -0.281 e. The fourth-order valence-corrected chi connectivity index (χ4v) is 5.16. The van der Waals surface area contributed by atoms with Crippen molar-refractivity contribution in [3.05, 3.63) is 0 Å². The molecule has 4 fully saturated rings. The van der Waals surface area contributed by atoms with Crippen LogP contribution in [0.4, 0.5) is 0 Å². The molecule has 0 unspecified atom stereocenters. The third kappa shape index (κ3) is 1.32. The summed E-state index contributed by atoms with van der Waals surface area (Å²) in [6.07, 6.45) is 5.24. The van der Waals surface area contributed by atoms with Gasteiger partial charge in [0.25, 0.3) is 0 Å². The summed E-state index contributed by atoms with van der Waals surface area (Å²) in [7, 11) is 0. The highest BCUT2D eigenvalue weighted by Gasteiger charge is 2.62. The van der Waals surface area contributed by atoms with E-state index in [1.165, 1.54) is 0 Å². The Labute approximate surface area is 105 Å². The van der Waals surface area contributed by atoms with Gasteiger partial charge >= 0.3 is 0 Å². The predicted molar refractivity (Wildman–Crippen MR) is 61.3 cm³/mol. The van der Waals surface area contributed by atoms with E-state index in [0.29, 0.717) is 18.3 Å². The number of halogens is 2. The van der Waals surface area contributed by atoms with Crippen LogP contribution in [-0.4, -0.2) is 10.5 Å². The third-order valence-electron chi connectivity index (χ3n) is 4.89. The molecule has 4 aliphatic carbocycles. The summed E-state index contributed by atoms with van der Waals surface area (Å²) in [5.41, 5.74) is -0.869. The monoisotopic (exact) mass is 260 g/mol. The van der Waals surface area contributed by atoms with Gasteiger partial charge in [0.2, 0.25) is 10.5 Å². The first kappa shape index (κ1) is 11.0. The summed E-state index contributed by atoms with van der Waals surface area (Å²) in [5.74, 6) is 0.957. The first-order valence-electron chi connectivity index (χ1n) is 5.86. The van der Waals surface area contributed by atoms with Crippen molar-refractivity contribution in [2.75, 3.05) is 0 Å². The van der Waals surface area contributed by atoms with Gasteiger partial charge in [-0.05, 0) is 73.6 Å². The van der Waals surface area contributed by atoms with Gasteiger partial charge in [0.05, 0.1) is 0 Å². The van der Waals surface area contributed by atoms with Crippen LogP contribution in [0, 0.1) is 22.7 Å². The van der Waals surface area contributed by atoms with E-state index in [-0.39, 0.29) is 10.5 Å². The van der Waals surface area contributed by atoms with E-state index < -0.39 is 10.8 Å². The second kappa shape index (κ2) is 3.23. The summed E-state index contributed by atoms with van der Waals surface area (Å²) in [5, 5.41) is -0.493. The lowest BCUT2D eigenvalue weighted by Crippen LogP contribution is -2.56. The Hall–Kier alpha value is -0.0800. The molecular weight excluding hydrogens is 247 g/mol. The Kier molecular flexibility index (Phi) is 2.23. The first-order chi connectivity index (χ1) is 7.46. The maximum atomic E-state index is 11.7. The summed E-state index contributed by atoms with van der Waals surface area (Å²) in [6.45, 7) is 0. The molecule has 0 aliphatic heterocycles. The van der Waals surface area contributed by atoms with E-state index >= 15 is 0 Å². The average Bonchev–Trinajstić information content (AvgIpc) is 2.14. The molecule has 0 heterocycles. The number of carbonyl (C=O) groups is 2. The van der Waals surface area contributed by atoms with Gasteiger partial charge in [-0.25, -0.2) is 0 Å². The second-order valence-electron chi connectivity index (χ2n) is 6.07. The molecule has 0 N–H and O–H groups in total. The average molecular weight is 261 g/mol. The van der Waals surface area contributed by atoms with Gasteiger partial charge in [0.15, 0.2) is 0 Å². The van der Waals surface area contributed by atoms with Crippen molar-refractivity contribution >= 4 is 33.7 Å². The van der Waals surface area contributed by atoms with E-state index in [2.05, 4.69) is 0 Å². The highest BCUT2D eigenvalue weighted by atomic mass is 35.5. The van der Waals surface area contributed by atoms with Crippen molar-refractivity contribution < 1.29 is 9.59 Å². The smallest absolute Gasteiger partial charge is 0.227 e. The summed E-state index contributed by atoms with van der Waals surface area (Å²) in [4.78, 5) is 23.3. The molecule has 0 radical (unpaired) electrons. The highest BCUT2D eigenvalue weighted by Crippen LogP contribution is 2.66. The molecule has 0 aromatic carbocycles. The van der Waals surface area contributed by atoms with Crippen LogP contribution >= 0.6 is 23.2 Å². The van der Waals surface area contributed by atoms with Gasteiger partial charge in [-0.2, -0.15) is 0 Å². The Morgan fingerprint density at radius 3 is 1.56 bits per heavy atom. The van der Waals surface area contributed by atoms with E-state index in [0.717, 1.165) is 32.1 Å². The van der Waals surface area contributed by atoms with Crippen molar-refractivity contribution in [2.45, 2.75) is 38.5 Å². The molecule has 4 aliphatic rings. The normalized spacial score (nSPS) is 49.4. The van der Waals surface area contributed by atoms with Crippen LogP contribution < -0.4 is 0 Å². The summed E-state index contributed by atoms with van der Waals surface area (Å²) < 4.78 is 0. The van der Waals surface area contributed by atoms with Crippen molar-refractivity contribution in [1.82, 2.24) is 0 Å². The van der Waals surface area contributed by atoms with Gasteiger partial charge in [-0.1, -0.05) is 0 Å². The molecule has 4 saturated carbocycles. The van der Waals surface area contributed by atoms with Crippen molar-refractivity contribution in [3.8, 4) is 0 Å². The lowest BCUT2D eigenvalue weighted by atomic mass is 9.45. The third-order valence-corrected chi connectivity index (χ3v) is 5.70. The molecule has 0 atom stereocenters. The van der Waals surface area contributed by atoms with E-state index in [1.54, 1.807) is 0 Å². The predicted octanol–water partition coefficient (Wildman–Crippen LogP) is 3.10. The zero-order chi connectivity index (χ0) is 11.6. The number of hydrogen-bond donors (Lipinski definition) is 0. The van der Waals surface area contributed by atoms with Crippen LogP contribution in [0.1, 0.15) is 38.5 Å². The lowest BCUT2D eigenvalue weighted by molar-refractivity contribution is -0.155. The molecule has 0 spiro atoms. The van der Waals surface area contributed by atoms with Gasteiger partial charge in [0, 0.05) is 10.8 Å². The zero-order valence-electron chi connectivity index (χ0n) is 8.97. The second-order valence-corrected chi connectivity index (χ2v) is 6.76. The van der Waals surface area contributed by atoms with Crippen molar-refractivity contribution in [2.24, 2.45) is 22.7 Å². The molecule has 0 amide bonds. The maximum absolute atomic E-state index is 11.7. The van der Waals surface area contributed by atoms with Crippen molar-refractivity contribution in [1.29, 1.82) is 0 Å². The number of hydrogen-bond acceptors (Lipinski definition) is 2. The van der Waals surface area contributed by atoms with Gasteiger partial charge in [-0.3, -0.25) is 9.59 Å². The van der Waals surface area contributed by atoms with Crippen LogP contribution in [-0.2, 0) is 9.59 Å². The standard InChI is InChI=1S/C12H14Cl2O2/c13-9(15)11-2-7-1-8(4-11)5-12(3-7,6-11)10(14)16/h7-8H,1-6H2. The molecule has 2 nitrogen and oxygen atoms in total. The Morgan fingerprint density at radius 2 is 1.25 bits per heavy atom. The minimum atomic E-state index is -0.434. The number of carbonyl (C=O) groups excluding carboxylic acids is 2. The molecule has 0 saturated heterocycles. The van der Waals surface area contributed by atoms with Crippen LogP contribution in [0.15, 0.2) is 0 Å². The summed E-state index contributed by atoms with van der Waals surface area (Å²) in [6, 6.07) is 0. The Bertz CT molecular complexity index is 331. The molecule has 0 aromatic rings. The fourth-order valence-electron chi connectivity index (χ4n) is 4.72.